The van der Waals surface area contributed by atoms with Crippen LogP contribution in [0.4, 0.5) is 19.0 Å². The number of aromatic nitrogens is 2. The average molecular weight is 528 g/mol. The molecular weight excluding hydrogens is 509 g/mol. The van der Waals surface area contributed by atoms with E-state index in [1.165, 1.54) is 0 Å². The molecule has 0 spiro atoms. The third-order valence-corrected chi connectivity index (χ3v) is 6.21. The maximum atomic E-state index is 13.9. The SMILES string of the molecule is O=C(NCCc1ccccc1)c1nn2c(c1Cl)N[C@@H](c1ccc(Br)cc1)C[C@H]2C(F)(F)F. The van der Waals surface area contributed by atoms with Crippen LogP contribution in [0.1, 0.15) is 40.1 Å². The van der Waals surface area contributed by atoms with Gasteiger partial charge in [0.25, 0.3) is 5.91 Å². The molecule has 1 aromatic heterocycles. The summed E-state index contributed by atoms with van der Waals surface area (Å²) in [5.41, 5.74) is 1.48. The van der Waals surface area contributed by atoms with Gasteiger partial charge in [0, 0.05) is 17.4 Å². The van der Waals surface area contributed by atoms with Gasteiger partial charge in [-0.25, -0.2) is 4.68 Å². The molecule has 0 fully saturated rings. The molecule has 0 saturated carbocycles. The number of fused-ring (bicyclic) bond motifs is 1. The lowest BCUT2D eigenvalue weighted by Gasteiger charge is -2.33. The highest BCUT2D eigenvalue weighted by Gasteiger charge is 2.47. The first-order valence-electron chi connectivity index (χ1n) is 9.93. The molecule has 1 aliphatic rings. The van der Waals surface area contributed by atoms with Gasteiger partial charge in [0.05, 0.1) is 6.04 Å². The summed E-state index contributed by atoms with van der Waals surface area (Å²) in [6.45, 7) is 0.305. The maximum absolute atomic E-state index is 13.9. The number of hydrogen-bond acceptors (Lipinski definition) is 3. The van der Waals surface area contributed by atoms with E-state index >= 15 is 0 Å². The first-order valence-corrected chi connectivity index (χ1v) is 11.1. The molecule has 2 atom stereocenters. The Labute approximate surface area is 196 Å². The van der Waals surface area contributed by atoms with E-state index in [1.54, 1.807) is 24.3 Å². The molecule has 32 heavy (non-hydrogen) atoms. The van der Waals surface area contributed by atoms with Gasteiger partial charge in [0.1, 0.15) is 10.8 Å². The lowest BCUT2D eigenvalue weighted by atomic mass is 9.97. The van der Waals surface area contributed by atoms with Crippen molar-refractivity contribution < 1.29 is 18.0 Å². The van der Waals surface area contributed by atoms with Crippen LogP contribution in [0.25, 0.3) is 0 Å². The molecule has 10 heteroatoms. The number of alkyl halides is 3. The first kappa shape index (κ1) is 22.7. The van der Waals surface area contributed by atoms with Crippen molar-refractivity contribution >= 4 is 39.3 Å². The molecule has 2 aromatic carbocycles. The molecule has 0 aliphatic carbocycles. The van der Waals surface area contributed by atoms with Crippen molar-refractivity contribution in [3.8, 4) is 0 Å². The Morgan fingerprint density at radius 1 is 1.19 bits per heavy atom. The highest BCUT2D eigenvalue weighted by atomic mass is 79.9. The fourth-order valence-electron chi connectivity index (χ4n) is 3.70. The highest BCUT2D eigenvalue weighted by molar-refractivity contribution is 9.10. The molecule has 4 rings (SSSR count). The summed E-state index contributed by atoms with van der Waals surface area (Å²) in [5.74, 6) is -0.628. The summed E-state index contributed by atoms with van der Waals surface area (Å²) in [5, 5.41) is 9.54. The van der Waals surface area contributed by atoms with Crippen LogP contribution in [0, 0.1) is 0 Å². The van der Waals surface area contributed by atoms with Crippen molar-refractivity contribution in [1.29, 1.82) is 0 Å². The van der Waals surface area contributed by atoms with Crippen LogP contribution in [-0.4, -0.2) is 28.4 Å². The Morgan fingerprint density at radius 2 is 1.88 bits per heavy atom. The van der Waals surface area contributed by atoms with Gasteiger partial charge in [0.2, 0.25) is 0 Å². The minimum atomic E-state index is -4.55. The number of carbonyl (C=O) groups excluding carboxylic acids is 1. The van der Waals surface area contributed by atoms with Crippen LogP contribution in [-0.2, 0) is 6.42 Å². The van der Waals surface area contributed by atoms with Crippen LogP contribution in [0.2, 0.25) is 5.02 Å². The number of benzene rings is 2. The number of nitrogens with zero attached hydrogens (tertiary/aromatic N) is 2. The minimum absolute atomic E-state index is 0.0126. The lowest BCUT2D eigenvalue weighted by Crippen LogP contribution is -2.36. The van der Waals surface area contributed by atoms with Crippen LogP contribution >= 0.6 is 27.5 Å². The van der Waals surface area contributed by atoms with Gasteiger partial charge in [-0.15, -0.1) is 0 Å². The first-order chi connectivity index (χ1) is 15.2. The predicted octanol–water partition coefficient (Wildman–Crippen LogP) is 5.93. The number of halogens is 5. The monoisotopic (exact) mass is 526 g/mol. The van der Waals surface area contributed by atoms with Crippen molar-refractivity contribution in [1.82, 2.24) is 15.1 Å². The van der Waals surface area contributed by atoms with E-state index in [1.807, 2.05) is 30.3 Å². The van der Waals surface area contributed by atoms with Crippen molar-refractivity contribution in [2.45, 2.75) is 31.1 Å². The fraction of sp³-hybridized carbons (Fsp3) is 0.273. The second kappa shape index (κ2) is 9.15. The van der Waals surface area contributed by atoms with E-state index in [9.17, 15) is 18.0 Å². The minimum Gasteiger partial charge on any atom is -0.362 e. The molecule has 2 heterocycles. The summed E-state index contributed by atoms with van der Waals surface area (Å²) < 4.78 is 43.2. The maximum Gasteiger partial charge on any atom is 0.410 e. The van der Waals surface area contributed by atoms with Gasteiger partial charge in [-0.3, -0.25) is 4.79 Å². The highest BCUT2D eigenvalue weighted by Crippen LogP contribution is 2.46. The van der Waals surface area contributed by atoms with Gasteiger partial charge in [-0.2, -0.15) is 18.3 Å². The molecule has 0 radical (unpaired) electrons. The van der Waals surface area contributed by atoms with Crippen molar-refractivity contribution in [2.75, 3.05) is 11.9 Å². The molecule has 2 N–H and O–H groups in total. The van der Waals surface area contributed by atoms with Crippen molar-refractivity contribution in [3.05, 3.63) is 80.9 Å². The number of rotatable bonds is 5. The topological polar surface area (TPSA) is 59.0 Å². The molecule has 1 amide bonds. The van der Waals surface area contributed by atoms with Crippen molar-refractivity contribution in [3.63, 3.8) is 0 Å². The third kappa shape index (κ3) is 4.78. The normalized spacial score (nSPS) is 18.0. The second-order valence-corrected chi connectivity index (χ2v) is 8.78. The van der Waals surface area contributed by atoms with Crippen molar-refractivity contribution in [2.24, 2.45) is 0 Å². The van der Waals surface area contributed by atoms with Crippen LogP contribution < -0.4 is 10.6 Å². The van der Waals surface area contributed by atoms with Gasteiger partial charge in [0.15, 0.2) is 11.7 Å². The summed E-state index contributed by atoms with van der Waals surface area (Å²) in [4.78, 5) is 12.6. The van der Waals surface area contributed by atoms with E-state index in [2.05, 4.69) is 31.7 Å². The van der Waals surface area contributed by atoms with Gasteiger partial charge in [-0.1, -0.05) is 70.0 Å². The predicted molar refractivity (Wildman–Crippen MR) is 120 cm³/mol. The standard InChI is InChI=1S/C22H19BrClF3N4O/c23-15-8-6-14(7-9-15)16-12-17(22(25,26)27)31-20(29-16)18(24)19(30-31)21(32)28-11-10-13-4-2-1-3-5-13/h1-9,16-17,29H,10-12H2,(H,28,32)/t16-,17+/m1/s1. The van der Waals surface area contributed by atoms with E-state index in [4.69, 9.17) is 11.6 Å². The summed E-state index contributed by atoms with van der Waals surface area (Å²) in [6.07, 6.45) is -4.25. The zero-order valence-corrected chi connectivity index (χ0v) is 19.0. The number of nitrogens with one attached hydrogen (secondary N) is 2. The average Bonchev–Trinajstić information content (AvgIpc) is 3.10. The Hall–Kier alpha value is -2.52. The Bertz CT molecular complexity index is 1100. The molecule has 5 nitrogen and oxygen atoms in total. The fourth-order valence-corrected chi connectivity index (χ4v) is 4.23. The molecule has 1 aliphatic heterocycles. The number of amides is 1. The molecule has 168 valence electrons. The van der Waals surface area contributed by atoms with E-state index in [0.717, 1.165) is 14.7 Å². The molecular formula is C22H19BrClF3N4O. The van der Waals surface area contributed by atoms with Gasteiger partial charge in [-0.05, 0) is 29.7 Å². The van der Waals surface area contributed by atoms with E-state index < -0.39 is 24.2 Å². The Kier molecular flexibility index (Phi) is 6.48. The zero-order chi connectivity index (χ0) is 22.9. The second-order valence-electron chi connectivity index (χ2n) is 7.49. The van der Waals surface area contributed by atoms with E-state index in [-0.39, 0.29) is 23.0 Å². The Balaban J connectivity index is 1.57. The zero-order valence-electron chi connectivity index (χ0n) is 16.7. The Morgan fingerprint density at radius 3 is 2.53 bits per heavy atom. The summed E-state index contributed by atoms with van der Waals surface area (Å²) >= 11 is 9.67. The van der Waals surface area contributed by atoms with E-state index in [0.29, 0.717) is 18.5 Å². The smallest absolute Gasteiger partial charge is 0.362 e. The lowest BCUT2D eigenvalue weighted by molar-refractivity contribution is -0.173. The largest absolute Gasteiger partial charge is 0.410 e. The molecule has 0 bridgehead atoms. The van der Waals surface area contributed by atoms with Crippen LogP contribution in [0.5, 0.6) is 0 Å². The third-order valence-electron chi connectivity index (χ3n) is 5.33. The number of carbonyl (C=O) groups is 1. The van der Waals surface area contributed by atoms with Gasteiger partial charge < -0.3 is 10.6 Å². The summed E-state index contributed by atoms with van der Waals surface area (Å²) in [7, 11) is 0. The molecule has 3 aromatic rings. The van der Waals surface area contributed by atoms with Crippen LogP contribution in [0.3, 0.4) is 0 Å². The molecule has 0 unspecified atom stereocenters. The molecule has 0 saturated heterocycles. The van der Waals surface area contributed by atoms with Gasteiger partial charge >= 0.3 is 6.18 Å². The quantitative estimate of drug-likeness (QED) is 0.432. The summed E-state index contributed by atoms with van der Waals surface area (Å²) in [6, 6.07) is 14.0. The number of anilines is 1. The number of hydrogen-bond donors (Lipinski definition) is 2. The van der Waals surface area contributed by atoms with Crippen LogP contribution in [0.15, 0.2) is 59.1 Å².